The molecule has 106 valence electrons. The second-order valence-corrected chi connectivity index (χ2v) is 5.14. The normalized spacial score (nSPS) is 14.5. The zero-order chi connectivity index (χ0) is 13.9. The van der Waals surface area contributed by atoms with Gasteiger partial charge < -0.3 is 14.6 Å². The van der Waals surface area contributed by atoms with Gasteiger partial charge in [-0.1, -0.05) is 0 Å². The first kappa shape index (κ1) is 13.1. The smallest absolute Gasteiger partial charge is 0.130 e. The van der Waals surface area contributed by atoms with Gasteiger partial charge in [-0.15, -0.1) is 0 Å². The first-order valence-electron chi connectivity index (χ1n) is 6.84. The fraction of sp³-hybridized carbons (Fsp3) is 0.400. The quantitative estimate of drug-likeness (QED) is 0.881. The molecule has 0 bridgehead atoms. The van der Waals surface area contributed by atoms with Crippen LogP contribution in [-0.4, -0.2) is 16.6 Å². The Morgan fingerprint density at radius 2 is 2.25 bits per heavy atom. The topological polar surface area (TPSA) is 39.1 Å². The summed E-state index contributed by atoms with van der Waals surface area (Å²) >= 11 is 0. The average Bonchev–Trinajstić information content (AvgIpc) is 3.15. The lowest BCUT2D eigenvalue weighted by atomic mass is 10.2. The van der Waals surface area contributed by atoms with Gasteiger partial charge in [0, 0.05) is 18.7 Å². The molecule has 1 aliphatic carbocycles. The molecule has 5 heteroatoms. The van der Waals surface area contributed by atoms with Gasteiger partial charge in [0.1, 0.15) is 18.2 Å². The largest absolute Gasteiger partial charge is 0.487 e. The molecule has 1 N–H and O–H groups in total. The van der Waals surface area contributed by atoms with Crippen LogP contribution in [0.5, 0.6) is 5.75 Å². The van der Waals surface area contributed by atoms with Gasteiger partial charge in [0.2, 0.25) is 0 Å². The van der Waals surface area contributed by atoms with Crippen LogP contribution in [0.3, 0.4) is 0 Å². The Kier molecular flexibility index (Phi) is 3.69. The Bertz CT molecular complexity index is 593. The highest BCUT2D eigenvalue weighted by molar-refractivity contribution is 5.29. The van der Waals surface area contributed by atoms with Crippen molar-refractivity contribution in [3.63, 3.8) is 0 Å². The lowest BCUT2D eigenvalue weighted by Gasteiger charge is -2.10. The van der Waals surface area contributed by atoms with E-state index in [0.29, 0.717) is 24.9 Å². The van der Waals surface area contributed by atoms with E-state index in [-0.39, 0.29) is 5.82 Å². The maximum Gasteiger partial charge on any atom is 0.130 e. The van der Waals surface area contributed by atoms with Crippen LogP contribution in [0.25, 0.3) is 0 Å². The van der Waals surface area contributed by atoms with Gasteiger partial charge >= 0.3 is 0 Å². The van der Waals surface area contributed by atoms with E-state index in [1.165, 1.54) is 25.0 Å². The maximum atomic E-state index is 13.5. The molecule has 1 heterocycles. The minimum Gasteiger partial charge on any atom is -0.487 e. The van der Waals surface area contributed by atoms with Gasteiger partial charge in [-0.05, 0) is 37.6 Å². The first-order valence-corrected chi connectivity index (χ1v) is 6.84. The van der Waals surface area contributed by atoms with E-state index in [1.807, 2.05) is 25.6 Å². The molecule has 0 aliphatic heterocycles. The Balaban J connectivity index is 1.69. The molecule has 1 aliphatic rings. The number of benzene rings is 1. The zero-order valence-electron chi connectivity index (χ0n) is 11.5. The van der Waals surface area contributed by atoms with E-state index in [0.717, 1.165) is 11.3 Å². The number of hydrogen-bond acceptors (Lipinski definition) is 3. The molecule has 1 aromatic heterocycles. The van der Waals surface area contributed by atoms with Crippen molar-refractivity contribution < 1.29 is 9.13 Å². The van der Waals surface area contributed by atoms with Crippen molar-refractivity contribution in [1.82, 2.24) is 14.9 Å². The van der Waals surface area contributed by atoms with Gasteiger partial charge in [-0.3, -0.25) is 0 Å². The Labute approximate surface area is 117 Å². The van der Waals surface area contributed by atoms with E-state index < -0.39 is 0 Å². The summed E-state index contributed by atoms with van der Waals surface area (Å²) in [7, 11) is 1.83. The molecule has 2 aromatic rings. The second kappa shape index (κ2) is 5.63. The Hall–Kier alpha value is -1.88. The van der Waals surface area contributed by atoms with Crippen molar-refractivity contribution in [2.75, 3.05) is 7.05 Å². The molecule has 0 atom stereocenters. The Morgan fingerprint density at radius 3 is 3.00 bits per heavy atom. The minimum absolute atomic E-state index is 0.275. The average molecular weight is 275 g/mol. The van der Waals surface area contributed by atoms with E-state index in [1.54, 1.807) is 0 Å². The van der Waals surface area contributed by atoms with Crippen LogP contribution < -0.4 is 10.1 Å². The fourth-order valence-corrected chi connectivity index (χ4v) is 2.29. The molecule has 0 spiro atoms. The molecule has 1 aromatic carbocycles. The SMILES string of the molecule is CNCc1cc(F)cc(OCc2cncn2C2CC2)c1. The lowest BCUT2D eigenvalue weighted by molar-refractivity contribution is 0.293. The summed E-state index contributed by atoms with van der Waals surface area (Å²) in [5.74, 6) is 0.280. The van der Waals surface area contributed by atoms with E-state index in [4.69, 9.17) is 4.74 Å². The monoisotopic (exact) mass is 275 g/mol. The molecule has 4 nitrogen and oxygen atoms in total. The molecule has 0 radical (unpaired) electrons. The van der Waals surface area contributed by atoms with E-state index >= 15 is 0 Å². The number of ether oxygens (including phenoxy) is 1. The lowest BCUT2D eigenvalue weighted by Crippen LogP contribution is -2.07. The third-order valence-corrected chi connectivity index (χ3v) is 3.39. The van der Waals surface area contributed by atoms with Gasteiger partial charge in [-0.25, -0.2) is 9.37 Å². The van der Waals surface area contributed by atoms with Crippen molar-refractivity contribution in [3.8, 4) is 5.75 Å². The number of halogens is 1. The summed E-state index contributed by atoms with van der Waals surface area (Å²) in [6, 6.07) is 5.36. The molecule has 0 saturated heterocycles. The van der Waals surface area contributed by atoms with Gasteiger partial charge in [0.25, 0.3) is 0 Å². The number of rotatable bonds is 6. The van der Waals surface area contributed by atoms with Crippen molar-refractivity contribution >= 4 is 0 Å². The molecule has 3 rings (SSSR count). The molecule has 0 unspecified atom stereocenters. The van der Waals surface area contributed by atoms with Crippen LogP contribution in [-0.2, 0) is 13.2 Å². The van der Waals surface area contributed by atoms with E-state index in [2.05, 4.69) is 14.9 Å². The first-order chi connectivity index (χ1) is 9.76. The van der Waals surface area contributed by atoms with Gasteiger partial charge in [0.05, 0.1) is 18.2 Å². The van der Waals surface area contributed by atoms with E-state index in [9.17, 15) is 4.39 Å². The summed E-state index contributed by atoms with van der Waals surface area (Å²) < 4.78 is 21.4. The minimum atomic E-state index is -0.275. The number of nitrogens with one attached hydrogen (secondary N) is 1. The summed E-state index contributed by atoms with van der Waals surface area (Å²) in [6.07, 6.45) is 6.06. The van der Waals surface area contributed by atoms with Crippen LogP contribution in [0.15, 0.2) is 30.7 Å². The highest BCUT2D eigenvalue weighted by Gasteiger charge is 2.25. The van der Waals surface area contributed by atoms with Crippen molar-refractivity contribution in [3.05, 3.63) is 47.8 Å². The summed E-state index contributed by atoms with van der Waals surface area (Å²) in [5, 5.41) is 3.00. The number of aromatic nitrogens is 2. The van der Waals surface area contributed by atoms with Crippen LogP contribution in [0.4, 0.5) is 4.39 Å². The molecule has 1 fully saturated rings. The van der Waals surface area contributed by atoms with Crippen LogP contribution in [0, 0.1) is 5.82 Å². The standard InChI is InChI=1S/C15H18FN3O/c1-17-7-11-4-12(16)6-15(5-11)20-9-14-8-18-10-19(14)13-2-3-13/h4-6,8,10,13,17H,2-3,7,9H2,1H3. The molecule has 1 saturated carbocycles. The van der Waals surface area contributed by atoms with Gasteiger partial charge in [0.15, 0.2) is 0 Å². The molecular weight excluding hydrogens is 257 g/mol. The molecular formula is C15H18FN3O. The number of imidazole rings is 1. The highest BCUT2D eigenvalue weighted by Crippen LogP contribution is 2.35. The Morgan fingerprint density at radius 1 is 1.40 bits per heavy atom. The van der Waals surface area contributed by atoms with Gasteiger partial charge in [-0.2, -0.15) is 0 Å². The number of hydrogen-bond donors (Lipinski definition) is 1. The molecule has 0 amide bonds. The van der Waals surface area contributed by atoms with Crippen molar-refractivity contribution in [2.24, 2.45) is 0 Å². The predicted octanol–water partition coefficient (Wildman–Crippen LogP) is 2.66. The highest BCUT2D eigenvalue weighted by atomic mass is 19.1. The fourth-order valence-electron chi connectivity index (χ4n) is 2.29. The van der Waals surface area contributed by atoms with Crippen LogP contribution in [0.2, 0.25) is 0 Å². The number of nitrogens with zero attached hydrogens (tertiary/aromatic N) is 2. The van der Waals surface area contributed by atoms with Crippen molar-refractivity contribution in [1.29, 1.82) is 0 Å². The van der Waals surface area contributed by atoms with Crippen molar-refractivity contribution in [2.45, 2.75) is 32.0 Å². The third kappa shape index (κ3) is 2.99. The van der Waals surface area contributed by atoms with Crippen LogP contribution in [0.1, 0.15) is 30.1 Å². The zero-order valence-corrected chi connectivity index (χ0v) is 11.5. The maximum absolute atomic E-state index is 13.5. The molecule has 20 heavy (non-hydrogen) atoms. The summed E-state index contributed by atoms with van der Waals surface area (Å²) in [5.41, 5.74) is 1.91. The summed E-state index contributed by atoms with van der Waals surface area (Å²) in [4.78, 5) is 4.16. The van der Waals surface area contributed by atoms with Crippen LogP contribution >= 0.6 is 0 Å². The predicted molar refractivity (Wildman–Crippen MR) is 74.0 cm³/mol. The summed E-state index contributed by atoms with van der Waals surface area (Å²) in [6.45, 7) is 1.03. The third-order valence-electron chi connectivity index (χ3n) is 3.39. The second-order valence-electron chi connectivity index (χ2n) is 5.14.